The van der Waals surface area contributed by atoms with Gasteiger partial charge in [0.1, 0.15) is 0 Å². The molecule has 0 aliphatic carbocycles. The van der Waals surface area contributed by atoms with Crippen LogP contribution < -0.4 is 0 Å². The Bertz CT molecular complexity index is 610. The van der Waals surface area contributed by atoms with Gasteiger partial charge in [0.25, 0.3) is 0 Å². The van der Waals surface area contributed by atoms with E-state index in [4.69, 9.17) is 29.5 Å². The van der Waals surface area contributed by atoms with Crippen LogP contribution in [0.25, 0.3) is 0 Å². The summed E-state index contributed by atoms with van der Waals surface area (Å²) < 4.78 is 0. The summed E-state index contributed by atoms with van der Waals surface area (Å²) in [5.74, 6) is -3.16. The second-order valence-corrected chi connectivity index (χ2v) is 7.26. The van der Waals surface area contributed by atoms with Crippen molar-refractivity contribution in [1.82, 2.24) is 9.80 Å². The molecule has 2 fully saturated rings. The first-order chi connectivity index (χ1) is 12.2. The lowest BCUT2D eigenvalue weighted by Crippen LogP contribution is -2.68. The molecular formula is C16H20N2O6S2. The van der Waals surface area contributed by atoms with Gasteiger partial charge in [0.15, 0.2) is 0 Å². The van der Waals surface area contributed by atoms with Crippen LogP contribution in [0.2, 0.25) is 0 Å². The lowest BCUT2D eigenvalue weighted by molar-refractivity contribution is -0.167. The maximum Gasteiger partial charge on any atom is 0.351 e. The van der Waals surface area contributed by atoms with Gasteiger partial charge in [-0.3, -0.25) is 24.2 Å². The Morgan fingerprint density at radius 1 is 0.885 bits per heavy atom. The molecule has 26 heavy (non-hydrogen) atoms. The van der Waals surface area contributed by atoms with Crippen molar-refractivity contribution in [1.29, 1.82) is 0 Å². The van der Waals surface area contributed by atoms with Crippen LogP contribution in [0, 0.1) is 0 Å². The first-order valence-electron chi connectivity index (χ1n) is 8.38. The van der Waals surface area contributed by atoms with Crippen LogP contribution in [0.5, 0.6) is 0 Å². The fourth-order valence-electron chi connectivity index (χ4n) is 3.42. The summed E-state index contributed by atoms with van der Waals surface area (Å²) >= 11 is 10.4. The molecule has 142 valence electrons. The van der Waals surface area contributed by atoms with Gasteiger partial charge in [0.05, 0.1) is 9.98 Å². The molecule has 2 aliphatic rings. The van der Waals surface area contributed by atoms with Gasteiger partial charge in [0, 0.05) is 38.5 Å². The van der Waals surface area contributed by atoms with Crippen LogP contribution in [0.4, 0.5) is 0 Å². The molecule has 0 atom stereocenters. The zero-order valence-corrected chi connectivity index (χ0v) is 15.7. The summed E-state index contributed by atoms with van der Waals surface area (Å²) in [7, 11) is 0. The average Bonchev–Trinajstić information content (AvgIpc) is 3.06. The minimum Gasteiger partial charge on any atom is -0.481 e. The number of hydrogen-bond acceptors (Lipinski definition) is 6. The lowest BCUT2D eigenvalue weighted by atomic mass is 9.97. The molecule has 10 heteroatoms. The van der Waals surface area contributed by atoms with E-state index in [0.29, 0.717) is 19.3 Å². The minimum absolute atomic E-state index is 0.0256. The van der Waals surface area contributed by atoms with Crippen molar-refractivity contribution in [3.8, 4) is 0 Å². The fourth-order valence-corrected chi connectivity index (χ4v) is 4.13. The van der Waals surface area contributed by atoms with Crippen LogP contribution in [-0.4, -0.2) is 59.4 Å². The van der Waals surface area contributed by atoms with Gasteiger partial charge in [-0.1, -0.05) is 30.9 Å². The number of rotatable bonds is 9. The number of carboxylic acids is 2. The third kappa shape index (κ3) is 3.75. The monoisotopic (exact) mass is 400 g/mol. The van der Waals surface area contributed by atoms with E-state index in [1.165, 1.54) is 0 Å². The molecule has 0 bridgehead atoms. The number of nitrogens with zero attached hydrogens (tertiary/aromatic N) is 2. The number of thiocarbonyl (C=S) groups is 2. The number of carbonyl (C=O) groups excluding carboxylic acids is 2. The van der Waals surface area contributed by atoms with Crippen LogP contribution in [0.3, 0.4) is 0 Å². The predicted molar refractivity (Wildman–Crippen MR) is 98.4 cm³/mol. The zero-order valence-electron chi connectivity index (χ0n) is 14.1. The summed E-state index contributed by atoms with van der Waals surface area (Å²) in [5, 5.41) is 18.8. The SMILES string of the molecule is O=C(O)CCCCCC(C(=O)O)(N1C(=O)CCC1=S)N1C(=O)CCC1=S. The number of unbranched alkanes of at least 4 members (excludes halogenated alkanes) is 2. The highest BCUT2D eigenvalue weighted by Gasteiger charge is 2.58. The molecule has 2 rings (SSSR count). The number of carboxylic acid groups (broad SMARTS) is 2. The van der Waals surface area contributed by atoms with Gasteiger partial charge in [-0.2, -0.15) is 0 Å². The van der Waals surface area contributed by atoms with Crippen molar-refractivity contribution in [2.24, 2.45) is 0 Å². The van der Waals surface area contributed by atoms with Crippen molar-refractivity contribution in [3.05, 3.63) is 0 Å². The predicted octanol–water partition coefficient (Wildman–Crippen LogP) is 1.70. The normalized spacial score (nSPS) is 18.2. The van der Waals surface area contributed by atoms with Crippen LogP contribution >= 0.6 is 24.4 Å². The summed E-state index contributed by atoms with van der Waals surface area (Å²) in [5.41, 5.74) is -1.96. The molecule has 0 aromatic rings. The largest absolute Gasteiger partial charge is 0.481 e. The quantitative estimate of drug-likeness (QED) is 0.444. The minimum atomic E-state index is -1.96. The van der Waals surface area contributed by atoms with E-state index >= 15 is 0 Å². The Morgan fingerprint density at radius 2 is 1.38 bits per heavy atom. The summed E-state index contributed by atoms with van der Waals surface area (Å²) in [6, 6.07) is 0. The number of likely N-dealkylation sites (tertiary alicyclic amines) is 2. The van der Waals surface area contributed by atoms with Gasteiger partial charge < -0.3 is 10.2 Å². The van der Waals surface area contributed by atoms with E-state index in [-0.39, 0.29) is 48.5 Å². The van der Waals surface area contributed by atoms with Crippen molar-refractivity contribution < 1.29 is 29.4 Å². The van der Waals surface area contributed by atoms with Crippen molar-refractivity contribution in [2.75, 3.05) is 0 Å². The summed E-state index contributed by atoms with van der Waals surface area (Å²) in [6.45, 7) is 0. The molecule has 2 heterocycles. The molecule has 2 saturated heterocycles. The van der Waals surface area contributed by atoms with E-state index in [1.807, 2.05) is 0 Å². The number of aliphatic carboxylic acids is 2. The molecule has 0 saturated carbocycles. The smallest absolute Gasteiger partial charge is 0.351 e. The first kappa shape index (κ1) is 20.4. The molecular weight excluding hydrogens is 380 g/mol. The van der Waals surface area contributed by atoms with Crippen LogP contribution in [-0.2, 0) is 19.2 Å². The first-order valence-corrected chi connectivity index (χ1v) is 9.20. The van der Waals surface area contributed by atoms with Gasteiger partial charge in [-0.15, -0.1) is 0 Å². The summed E-state index contributed by atoms with van der Waals surface area (Å²) in [4.78, 5) is 50.2. The molecule has 0 aromatic carbocycles. The van der Waals surface area contributed by atoms with Gasteiger partial charge in [0.2, 0.25) is 17.5 Å². The molecule has 2 amide bonds. The van der Waals surface area contributed by atoms with E-state index in [9.17, 15) is 24.3 Å². The number of amides is 2. The van der Waals surface area contributed by atoms with Crippen LogP contribution in [0.15, 0.2) is 0 Å². The molecule has 0 aromatic heterocycles. The fraction of sp³-hybridized carbons (Fsp3) is 0.625. The van der Waals surface area contributed by atoms with Gasteiger partial charge in [-0.25, -0.2) is 4.79 Å². The Labute approximate surface area is 161 Å². The molecule has 0 unspecified atom stereocenters. The summed E-state index contributed by atoms with van der Waals surface area (Å²) in [6.07, 6.45) is 1.78. The van der Waals surface area contributed by atoms with E-state index in [1.54, 1.807) is 0 Å². The van der Waals surface area contributed by atoms with E-state index < -0.39 is 29.4 Å². The van der Waals surface area contributed by atoms with Crippen LogP contribution in [0.1, 0.15) is 57.8 Å². The van der Waals surface area contributed by atoms with E-state index in [0.717, 1.165) is 9.80 Å². The lowest BCUT2D eigenvalue weighted by Gasteiger charge is -2.44. The number of hydrogen-bond donors (Lipinski definition) is 2. The Kier molecular flexibility index (Phi) is 6.40. The van der Waals surface area contributed by atoms with Crippen molar-refractivity contribution in [3.63, 3.8) is 0 Å². The van der Waals surface area contributed by atoms with Gasteiger partial charge in [-0.05, 0) is 12.8 Å². The third-order valence-corrected chi connectivity index (χ3v) is 5.37. The molecule has 8 nitrogen and oxygen atoms in total. The Hall–Kier alpha value is -1.94. The van der Waals surface area contributed by atoms with Gasteiger partial charge >= 0.3 is 11.9 Å². The van der Waals surface area contributed by atoms with E-state index in [2.05, 4.69) is 0 Å². The number of carbonyl (C=O) groups is 4. The Balaban J connectivity index is 2.35. The maximum absolute atomic E-state index is 12.4. The highest BCUT2D eigenvalue weighted by molar-refractivity contribution is 7.80. The van der Waals surface area contributed by atoms with Crippen molar-refractivity contribution in [2.45, 2.75) is 63.5 Å². The highest BCUT2D eigenvalue weighted by atomic mass is 32.1. The topological polar surface area (TPSA) is 115 Å². The second kappa shape index (κ2) is 8.17. The maximum atomic E-state index is 12.4. The standard InChI is InChI=1S/C16H20N2O6S2/c19-10-5-7-12(25)17(10)16(15(23)24,9-3-1-2-4-14(21)22)18-11(20)6-8-13(18)26/h1-9H2,(H,21,22)(H,23,24). The molecule has 2 aliphatic heterocycles. The second-order valence-electron chi connectivity index (χ2n) is 6.32. The molecule has 2 N–H and O–H groups in total. The molecule has 0 spiro atoms. The highest BCUT2D eigenvalue weighted by Crippen LogP contribution is 2.37. The zero-order chi connectivity index (χ0) is 19.5. The van der Waals surface area contributed by atoms with Crippen molar-refractivity contribution >= 4 is 58.2 Å². The Morgan fingerprint density at radius 3 is 1.73 bits per heavy atom. The average molecular weight is 400 g/mol. The molecule has 0 radical (unpaired) electrons. The third-order valence-electron chi connectivity index (χ3n) is 4.60.